The number of carbonyl (C=O) groups excluding carboxylic acids is 1. The number of fused-ring (bicyclic) bond motifs is 1. The van der Waals surface area contributed by atoms with Gasteiger partial charge in [-0.25, -0.2) is 10.4 Å². The van der Waals surface area contributed by atoms with Crippen molar-refractivity contribution in [2.45, 2.75) is 39.8 Å². The quantitative estimate of drug-likeness (QED) is 0.573. The molecule has 1 fully saturated rings. The number of hydrogen-bond donors (Lipinski definition) is 4. The second-order valence-corrected chi connectivity index (χ2v) is 7.37. The first-order valence-corrected chi connectivity index (χ1v) is 9.16. The molecule has 4 rings (SSSR count). The molecule has 0 bridgehead atoms. The maximum atomic E-state index is 12.5. The lowest BCUT2D eigenvalue weighted by molar-refractivity contribution is -0.118. The van der Waals surface area contributed by atoms with Crippen molar-refractivity contribution in [2.24, 2.45) is 5.92 Å². The van der Waals surface area contributed by atoms with Crippen LogP contribution in [0.4, 0.5) is 5.69 Å². The van der Waals surface area contributed by atoms with Crippen LogP contribution in [0.15, 0.2) is 30.6 Å². The molecule has 3 aromatic heterocycles. The summed E-state index contributed by atoms with van der Waals surface area (Å²) < 4.78 is 0. The summed E-state index contributed by atoms with van der Waals surface area (Å²) in [6.07, 6.45) is 3.53. The largest absolute Gasteiger partial charge is 0.339 e. The number of amides is 1. The predicted molar refractivity (Wildman–Crippen MR) is 106 cm³/mol. The van der Waals surface area contributed by atoms with E-state index in [4.69, 9.17) is 0 Å². The highest BCUT2D eigenvalue weighted by Crippen LogP contribution is 2.26. The molecule has 27 heavy (non-hydrogen) atoms. The lowest BCUT2D eigenvalue weighted by Gasteiger charge is -2.15. The van der Waals surface area contributed by atoms with Crippen molar-refractivity contribution in [1.29, 1.82) is 0 Å². The molecular formula is C20H24N6O. The van der Waals surface area contributed by atoms with Crippen LogP contribution in [0.5, 0.6) is 0 Å². The van der Waals surface area contributed by atoms with Crippen molar-refractivity contribution in [2.75, 3.05) is 5.32 Å². The lowest BCUT2D eigenvalue weighted by atomic mass is 9.97. The molecule has 7 nitrogen and oxygen atoms in total. The van der Waals surface area contributed by atoms with Crippen LogP contribution < -0.4 is 16.2 Å². The second-order valence-electron chi connectivity index (χ2n) is 7.37. The summed E-state index contributed by atoms with van der Waals surface area (Å²) in [5.74, 6) is 0.146. The SMILES string of the molecule is Cc1cc(-c2cc3cc(NC(=O)C4NNC(C)C4C)cnc3[nH]2)cnc1C. The van der Waals surface area contributed by atoms with Gasteiger partial charge in [-0.15, -0.1) is 0 Å². The number of pyridine rings is 2. The van der Waals surface area contributed by atoms with Gasteiger partial charge >= 0.3 is 0 Å². The number of carbonyl (C=O) groups is 1. The smallest absolute Gasteiger partial charge is 0.243 e. The normalized spacial score (nSPS) is 22.3. The summed E-state index contributed by atoms with van der Waals surface area (Å²) in [5.41, 5.74) is 11.8. The average Bonchev–Trinajstić information content (AvgIpc) is 3.21. The number of nitrogens with zero attached hydrogens (tertiary/aromatic N) is 2. The first kappa shape index (κ1) is 17.6. The maximum Gasteiger partial charge on any atom is 0.243 e. The molecule has 1 saturated heterocycles. The zero-order valence-corrected chi connectivity index (χ0v) is 15.9. The van der Waals surface area contributed by atoms with Crippen LogP contribution in [-0.4, -0.2) is 32.9 Å². The number of hydrazine groups is 1. The van der Waals surface area contributed by atoms with Gasteiger partial charge in [-0.2, -0.15) is 0 Å². The number of rotatable bonds is 3. The van der Waals surface area contributed by atoms with E-state index in [2.05, 4.69) is 51.0 Å². The first-order chi connectivity index (χ1) is 12.9. The highest BCUT2D eigenvalue weighted by Gasteiger charge is 2.34. The first-order valence-electron chi connectivity index (χ1n) is 9.16. The Kier molecular flexibility index (Phi) is 4.41. The molecule has 1 aliphatic heterocycles. The molecule has 4 heterocycles. The van der Waals surface area contributed by atoms with Gasteiger partial charge in [0, 0.05) is 34.6 Å². The Hall–Kier alpha value is -2.77. The van der Waals surface area contributed by atoms with Gasteiger partial charge in [0.25, 0.3) is 0 Å². The van der Waals surface area contributed by atoms with Crippen molar-refractivity contribution in [1.82, 2.24) is 25.8 Å². The molecule has 0 saturated carbocycles. The molecule has 0 spiro atoms. The number of aromatic amines is 1. The Bertz CT molecular complexity index is 1010. The summed E-state index contributed by atoms with van der Waals surface area (Å²) in [6.45, 7) is 8.16. The van der Waals surface area contributed by atoms with Gasteiger partial charge in [0.15, 0.2) is 0 Å². The molecule has 1 aliphatic rings. The van der Waals surface area contributed by atoms with Crippen molar-refractivity contribution in [3.63, 3.8) is 0 Å². The Morgan fingerprint density at radius 3 is 2.59 bits per heavy atom. The summed E-state index contributed by atoms with van der Waals surface area (Å²) in [4.78, 5) is 24.7. The number of nitrogens with one attached hydrogen (secondary N) is 4. The van der Waals surface area contributed by atoms with E-state index < -0.39 is 0 Å². The van der Waals surface area contributed by atoms with Crippen molar-refractivity contribution in [3.05, 3.63) is 41.9 Å². The standard InChI is InChI=1S/C20H24N6O/c1-10-5-15(8-21-12(10)3)17-7-14-6-16(9-22-19(14)24-17)23-20(27)18-11(2)13(4)25-26-18/h5-9,11,13,18,25-26H,1-4H3,(H,22,24)(H,23,27). The molecule has 7 heteroatoms. The fourth-order valence-electron chi connectivity index (χ4n) is 3.33. The second kappa shape index (κ2) is 6.75. The monoisotopic (exact) mass is 364 g/mol. The number of hydrogen-bond acceptors (Lipinski definition) is 5. The van der Waals surface area contributed by atoms with Gasteiger partial charge in [-0.3, -0.25) is 15.2 Å². The van der Waals surface area contributed by atoms with E-state index in [0.29, 0.717) is 5.69 Å². The predicted octanol–water partition coefficient (Wildman–Crippen LogP) is 2.68. The Labute approximate surface area is 158 Å². The molecule has 0 radical (unpaired) electrons. The zero-order chi connectivity index (χ0) is 19.1. The fraction of sp³-hybridized carbons (Fsp3) is 0.350. The van der Waals surface area contributed by atoms with Gasteiger partial charge in [0.1, 0.15) is 11.7 Å². The van der Waals surface area contributed by atoms with E-state index in [-0.39, 0.29) is 23.9 Å². The molecular weight excluding hydrogens is 340 g/mol. The van der Waals surface area contributed by atoms with Gasteiger partial charge in [-0.1, -0.05) is 6.92 Å². The van der Waals surface area contributed by atoms with Crippen molar-refractivity contribution in [3.8, 4) is 11.3 Å². The number of aryl methyl sites for hydroxylation is 2. The van der Waals surface area contributed by atoms with Gasteiger partial charge in [0.05, 0.1) is 11.9 Å². The summed E-state index contributed by atoms with van der Waals surface area (Å²) >= 11 is 0. The third kappa shape index (κ3) is 3.31. The molecule has 3 unspecified atom stereocenters. The van der Waals surface area contributed by atoms with E-state index in [9.17, 15) is 4.79 Å². The topological polar surface area (TPSA) is 94.7 Å². The van der Waals surface area contributed by atoms with Crippen LogP contribution in [0.25, 0.3) is 22.3 Å². The highest BCUT2D eigenvalue weighted by atomic mass is 16.2. The minimum atomic E-state index is -0.265. The Morgan fingerprint density at radius 2 is 1.89 bits per heavy atom. The molecule has 3 atom stereocenters. The third-order valence-corrected chi connectivity index (χ3v) is 5.45. The number of H-pyrrole nitrogens is 1. The molecule has 140 valence electrons. The van der Waals surface area contributed by atoms with Gasteiger partial charge in [-0.05, 0) is 50.5 Å². The van der Waals surface area contributed by atoms with Crippen LogP contribution in [0, 0.1) is 19.8 Å². The number of anilines is 1. The Balaban J connectivity index is 1.57. The van der Waals surface area contributed by atoms with Crippen LogP contribution in [0.1, 0.15) is 25.1 Å². The minimum absolute atomic E-state index is 0.0605. The van der Waals surface area contributed by atoms with E-state index >= 15 is 0 Å². The summed E-state index contributed by atoms with van der Waals surface area (Å²) in [7, 11) is 0. The van der Waals surface area contributed by atoms with Crippen LogP contribution in [0.3, 0.4) is 0 Å². The highest BCUT2D eigenvalue weighted by molar-refractivity contribution is 5.97. The molecule has 0 aromatic carbocycles. The molecule has 1 amide bonds. The zero-order valence-electron chi connectivity index (χ0n) is 15.9. The van der Waals surface area contributed by atoms with E-state index in [1.54, 1.807) is 6.20 Å². The lowest BCUT2D eigenvalue weighted by Crippen LogP contribution is -2.41. The Morgan fingerprint density at radius 1 is 1.07 bits per heavy atom. The third-order valence-electron chi connectivity index (χ3n) is 5.45. The summed E-state index contributed by atoms with van der Waals surface area (Å²) in [6, 6.07) is 6.06. The van der Waals surface area contributed by atoms with Gasteiger partial charge in [0.2, 0.25) is 5.91 Å². The maximum absolute atomic E-state index is 12.5. The van der Waals surface area contributed by atoms with Crippen LogP contribution in [0.2, 0.25) is 0 Å². The van der Waals surface area contributed by atoms with Gasteiger partial charge < -0.3 is 10.3 Å². The van der Waals surface area contributed by atoms with E-state index in [1.807, 2.05) is 32.2 Å². The van der Waals surface area contributed by atoms with Crippen molar-refractivity contribution >= 4 is 22.6 Å². The van der Waals surface area contributed by atoms with E-state index in [1.165, 1.54) is 0 Å². The average molecular weight is 364 g/mol. The summed E-state index contributed by atoms with van der Waals surface area (Å²) in [5, 5.41) is 3.91. The molecule has 4 N–H and O–H groups in total. The van der Waals surface area contributed by atoms with Crippen LogP contribution >= 0.6 is 0 Å². The number of aromatic nitrogens is 3. The molecule has 0 aliphatic carbocycles. The fourth-order valence-corrected chi connectivity index (χ4v) is 3.33. The molecule has 3 aromatic rings. The van der Waals surface area contributed by atoms with E-state index in [0.717, 1.165) is 33.5 Å². The van der Waals surface area contributed by atoms with Crippen LogP contribution in [-0.2, 0) is 4.79 Å². The van der Waals surface area contributed by atoms with Crippen molar-refractivity contribution < 1.29 is 4.79 Å². The minimum Gasteiger partial charge on any atom is -0.339 e.